The van der Waals surface area contributed by atoms with E-state index < -0.39 is 17.7 Å². The number of Topliss-reactive ketones (excluding diaryl/α,β-unsaturated/α-hetero) is 1. The molecule has 0 aromatic heterocycles. The van der Waals surface area contributed by atoms with E-state index in [0.717, 1.165) is 11.3 Å². The molecule has 0 aliphatic carbocycles. The molecule has 1 saturated heterocycles. The van der Waals surface area contributed by atoms with Crippen molar-refractivity contribution in [2.24, 2.45) is 0 Å². The Morgan fingerprint density at radius 2 is 2.00 bits per heavy atom. The van der Waals surface area contributed by atoms with Crippen LogP contribution < -0.4 is 4.74 Å². The van der Waals surface area contributed by atoms with Crippen molar-refractivity contribution in [3.8, 4) is 11.5 Å². The number of ether oxygens (including phenoxy) is 2. The van der Waals surface area contributed by atoms with Crippen molar-refractivity contribution in [3.63, 3.8) is 0 Å². The fourth-order valence-electron chi connectivity index (χ4n) is 4.26. The summed E-state index contributed by atoms with van der Waals surface area (Å²) in [6, 6.07) is 10.8. The van der Waals surface area contributed by atoms with E-state index in [1.807, 2.05) is 20.8 Å². The molecule has 2 unspecified atom stereocenters. The molecule has 7 heteroatoms. The minimum absolute atomic E-state index is 0.00272. The highest BCUT2D eigenvalue weighted by Crippen LogP contribution is 2.41. The Bertz CT molecular complexity index is 1090. The fourth-order valence-corrected chi connectivity index (χ4v) is 4.26. The molecular formula is C25H27NO6. The Balaban J connectivity index is 1.78. The summed E-state index contributed by atoms with van der Waals surface area (Å²) in [6.45, 7) is 6.16. The highest BCUT2D eigenvalue weighted by atomic mass is 16.5. The van der Waals surface area contributed by atoms with E-state index in [0.29, 0.717) is 17.5 Å². The highest BCUT2D eigenvalue weighted by Gasteiger charge is 2.46. The third kappa shape index (κ3) is 4.08. The number of benzene rings is 2. The van der Waals surface area contributed by atoms with Gasteiger partial charge in [-0.05, 0) is 62.2 Å². The number of fused-ring (bicyclic) bond motifs is 1. The van der Waals surface area contributed by atoms with Gasteiger partial charge in [0.25, 0.3) is 11.7 Å². The lowest BCUT2D eigenvalue weighted by atomic mass is 9.94. The van der Waals surface area contributed by atoms with Crippen LogP contribution >= 0.6 is 0 Å². The van der Waals surface area contributed by atoms with Gasteiger partial charge in [-0.2, -0.15) is 0 Å². The van der Waals surface area contributed by atoms with Crippen molar-refractivity contribution < 1.29 is 29.3 Å². The lowest BCUT2D eigenvalue weighted by molar-refractivity contribution is -0.140. The van der Waals surface area contributed by atoms with Crippen molar-refractivity contribution in [3.05, 3.63) is 64.7 Å². The molecule has 2 aromatic rings. The average molecular weight is 437 g/mol. The number of ketones is 1. The van der Waals surface area contributed by atoms with Crippen LogP contribution in [-0.4, -0.2) is 52.2 Å². The molecule has 4 rings (SSSR count). The Labute approximate surface area is 186 Å². The largest absolute Gasteiger partial charge is 0.508 e. The predicted octanol–water partition coefficient (Wildman–Crippen LogP) is 3.56. The van der Waals surface area contributed by atoms with Crippen LogP contribution in [0.1, 0.15) is 43.5 Å². The van der Waals surface area contributed by atoms with Gasteiger partial charge in [-0.3, -0.25) is 9.59 Å². The number of aliphatic hydroxyl groups excluding tert-OH is 1. The zero-order valence-electron chi connectivity index (χ0n) is 18.4. The van der Waals surface area contributed by atoms with Crippen LogP contribution in [0.25, 0.3) is 5.76 Å². The number of phenols is 1. The number of hydrogen-bond acceptors (Lipinski definition) is 6. The molecule has 2 N–H and O–H groups in total. The van der Waals surface area contributed by atoms with E-state index in [-0.39, 0.29) is 42.4 Å². The van der Waals surface area contributed by atoms with Gasteiger partial charge in [0, 0.05) is 18.5 Å². The maximum absolute atomic E-state index is 13.0. The molecule has 0 bridgehead atoms. The van der Waals surface area contributed by atoms with Crippen molar-refractivity contribution in [2.75, 3.05) is 13.2 Å². The minimum Gasteiger partial charge on any atom is -0.508 e. The van der Waals surface area contributed by atoms with Gasteiger partial charge in [-0.25, -0.2) is 0 Å². The molecule has 0 spiro atoms. The molecule has 0 saturated carbocycles. The first-order chi connectivity index (χ1) is 15.3. The van der Waals surface area contributed by atoms with Crippen LogP contribution in [0.15, 0.2) is 48.0 Å². The minimum atomic E-state index is -0.832. The Kier molecular flexibility index (Phi) is 5.93. The molecule has 2 aromatic carbocycles. The lowest BCUT2D eigenvalue weighted by Crippen LogP contribution is -2.33. The maximum Gasteiger partial charge on any atom is 0.295 e. The molecule has 2 heterocycles. The highest BCUT2D eigenvalue weighted by molar-refractivity contribution is 6.46. The fraction of sp³-hybridized carbons (Fsp3) is 0.360. The van der Waals surface area contributed by atoms with Gasteiger partial charge in [0.15, 0.2) is 0 Å². The molecule has 0 radical (unpaired) electrons. The number of amides is 1. The molecule has 7 nitrogen and oxygen atoms in total. The predicted molar refractivity (Wildman–Crippen MR) is 118 cm³/mol. The van der Waals surface area contributed by atoms with E-state index in [1.54, 1.807) is 30.3 Å². The van der Waals surface area contributed by atoms with Crippen LogP contribution in [0.2, 0.25) is 0 Å². The van der Waals surface area contributed by atoms with Crippen LogP contribution in [0.4, 0.5) is 0 Å². The van der Waals surface area contributed by atoms with E-state index >= 15 is 0 Å². The van der Waals surface area contributed by atoms with Crippen LogP contribution in [0.5, 0.6) is 11.5 Å². The normalized spacial score (nSPS) is 21.8. The van der Waals surface area contributed by atoms with Crippen molar-refractivity contribution in [1.82, 2.24) is 4.90 Å². The first-order valence-electron chi connectivity index (χ1n) is 10.7. The van der Waals surface area contributed by atoms with Gasteiger partial charge in [0.2, 0.25) is 0 Å². The van der Waals surface area contributed by atoms with Gasteiger partial charge in [0.05, 0.1) is 24.3 Å². The van der Waals surface area contributed by atoms with Gasteiger partial charge >= 0.3 is 0 Å². The average Bonchev–Trinajstić information content (AvgIpc) is 3.24. The number of rotatable bonds is 6. The summed E-state index contributed by atoms with van der Waals surface area (Å²) in [7, 11) is 0. The summed E-state index contributed by atoms with van der Waals surface area (Å²) in [5, 5.41) is 21.2. The summed E-state index contributed by atoms with van der Waals surface area (Å²) in [4.78, 5) is 27.4. The van der Waals surface area contributed by atoms with E-state index in [4.69, 9.17) is 9.47 Å². The standard InChI is InChI=1S/C25H27NO6/c1-14(2)31-10-9-26-22(16-5-4-6-19(27)13-16)21(24(29)25(26)30)23(28)17-7-8-20-18(12-17)11-15(3)32-20/h4-8,12-15,22,27-28H,9-11H2,1-3H3/b23-21-. The molecule has 168 valence electrons. The summed E-state index contributed by atoms with van der Waals surface area (Å²) < 4.78 is 11.3. The second-order valence-corrected chi connectivity index (χ2v) is 8.46. The number of aliphatic hydroxyl groups is 1. The van der Waals surface area contributed by atoms with Gasteiger partial charge < -0.3 is 24.6 Å². The molecule has 32 heavy (non-hydrogen) atoms. The first kappa shape index (κ1) is 21.9. The third-order valence-electron chi connectivity index (χ3n) is 5.68. The van der Waals surface area contributed by atoms with Crippen LogP contribution in [0.3, 0.4) is 0 Å². The maximum atomic E-state index is 13.0. The Morgan fingerprint density at radius 3 is 2.72 bits per heavy atom. The summed E-state index contributed by atoms with van der Waals surface area (Å²) in [6.07, 6.45) is 0.719. The number of hydrogen-bond donors (Lipinski definition) is 2. The van der Waals surface area contributed by atoms with E-state index in [2.05, 4.69) is 0 Å². The van der Waals surface area contributed by atoms with Crippen LogP contribution in [-0.2, 0) is 20.7 Å². The second-order valence-electron chi connectivity index (χ2n) is 8.46. The molecule has 2 aliphatic heterocycles. The summed E-state index contributed by atoms with van der Waals surface area (Å²) >= 11 is 0. The number of carbonyl (C=O) groups excluding carboxylic acids is 2. The first-order valence-corrected chi connectivity index (χ1v) is 10.7. The smallest absolute Gasteiger partial charge is 0.295 e. The van der Waals surface area contributed by atoms with Crippen LogP contribution in [0, 0.1) is 0 Å². The molecular weight excluding hydrogens is 410 g/mol. The number of phenolic OH excluding ortho intramolecular Hbond substituents is 1. The monoisotopic (exact) mass is 437 g/mol. The van der Waals surface area contributed by atoms with E-state index in [1.165, 1.54) is 17.0 Å². The van der Waals surface area contributed by atoms with E-state index in [9.17, 15) is 19.8 Å². The quantitative estimate of drug-likeness (QED) is 0.408. The third-order valence-corrected chi connectivity index (χ3v) is 5.68. The number of nitrogens with zero attached hydrogens (tertiary/aromatic N) is 1. The zero-order valence-corrected chi connectivity index (χ0v) is 18.4. The van der Waals surface area contributed by atoms with Gasteiger partial charge in [-0.1, -0.05) is 12.1 Å². The Hall–Kier alpha value is -3.32. The topological polar surface area (TPSA) is 96.3 Å². The summed E-state index contributed by atoms with van der Waals surface area (Å²) in [5.41, 5.74) is 1.92. The zero-order chi connectivity index (χ0) is 23.0. The Morgan fingerprint density at radius 1 is 1.22 bits per heavy atom. The van der Waals surface area contributed by atoms with Gasteiger partial charge in [-0.15, -0.1) is 0 Å². The molecule has 2 atom stereocenters. The lowest BCUT2D eigenvalue weighted by Gasteiger charge is -2.25. The SMILES string of the molecule is CC(C)OCCN1C(=O)C(=O)/C(=C(\O)c2ccc3c(c2)CC(C)O3)C1c1cccc(O)c1. The van der Waals surface area contributed by atoms with Crippen molar-refractivity contribution in [2.45, 2.75) is 45.4 Å². The summed E-state index contributed by atoms with van der Waals surface area (Å²) in [5.74, 6) is -0.942. The van der Waals surface area contributed by atoms with Gasteiger partial charge in [0.1, 0.15) is 23.4 Å². The molecule has 2 aliphatic rings. The number of likely N-dealkylation sites (tertiary alicyclic amines) is 1. The molecule has 1 fully saturated rings. The van der Waals surface area contributed by atoms with Crippen molar-refractivity contribution >= 4 is 17.4 Å². The number of carbonyl (C=O) groups is 2. The van der Waals surface area contributed by atoms with Crippen molar-refractivity contribution in [1.29, 1.82) is 0 Å². The molecule has 1 amide bonds. The second kappa shape index (κ2) is 8.67. The number of aromatic hydroxyl groups is 1.